The Kier molecular flexibility index (Phi) is 5.47. The van der Waals surface area contributed by atoms with Crippen molar-refractivity contribution in [3.05, 3.63) is 11.1 Å². The number of hydrogen-bond donors (Lipinski definition) is 1. The fraction of sp³-hybridized carbons (Fsp3) is 0.692. The molecule has 6 nitrogen and oxygen atoms in total. The van der Waals surface area contributed by atoms with E-state index in [1.807, 2.05) is 12.3 Å². The van der Waals surface area contributed by atoms with Crippen molar-refractivity contribution in [1.82, 2.24) is 9.88 Å². The van der Waals surface area contributed by atoms with E-state index in [0.717, 1.165) is 17.4 Å². The van der Waals surface area contributed by atoms with Gasteiger partial charge in [0.15, 0.2) is 5.13 Å². The molecule has 1 saturated heterocycles. The van der Waals surface area contributed by atoms with Crippen molar-refractivity contribution in [2.75, 3.05) is 37.8 Å². The maximum atomic E-state index is 11.5. The van der Waals surface area contributed by atoms with Crippen molar-refractivity contribution in [2.24, 2.45) is 0 Å². The van der Waals surface area contributed by atoms with Crippen molar-refractivity contribution < 1.29 is 14.6 Å². The second-order valence-electron chi connectivity index (χ2n) is 4.77. The van der Waals surface area contributed by atoms with Gasteiger partial charge < -0.3 is 9.84 Å². The largest absolute Gasteiger partial charge is 0.395 e. The average Bonchev–Trinajstić information content (AvgIpc) is 2.88. The number of nitrogens with zero attached hydrogens (tertiary/aromatic N) is 3. The molecule has 0 aromatic carbocycles. The first-order valence-electron chi connectivity index (χ1n) is 6.80. The standard InChI is InChI=1S/C13H21N3O3S/c1-3-16(10(2)18)13-14-11(9-20-13)6-15-4-5-19-8-12(15)7-17/h9,12,17H,3-8H2,1-2H3. The van der Waals surface area contributed by atoms with E-state index in [1.165, 1.54) is 11.3 Å². The van der Waals surface area contributed by atoms with Crippen LogP contribution in [0, 0.1) is 0 Å². The van der Waals surface area contributed by atoms with E-state index in [4.69, 9.17) is 4.74 Å². The van der Waals surface area contributed by atoms with Crippen LogP contribution in [0.3, 0.4) is 0 Å². The molecule has 20 heavy (non-hydrogen) atoms. The van der Waals surface area contributed by atoms with E-state index >= 15 is 0 Å². The molecule has 1 fully saturated rings. The molecule has 2 heterocycles. The SMILES string of the molecule is CCN(C(C)=O)c1nc(CN2CCOCC2CO)cs1. The third kappa shape index (κ3) is 3.54. The van der Waals surface area contributed by atoms with Crippen molar-refractivity contribution >= 4 is 22.4 Å². The molecule has 0 radical (unpaired) electrons. The zero-order chi connectivity index (χ0) is 14.5. The number of carbonyl (C=O) groups excluding carboxylic acids is 1. The lowest BCUT2D eigenvalue weighted by Gasteiger charge is -2.33. The Balaban J connectivity index is 2.03. The van der Waals surface area contributed by atoms with E-state index in [2.05, 4.69) is 9.88 Å². The third-order valence-corrected chi connectivity index (χ3v) is 4.30. The topological polar surface area (TPSA) is 65.9 Å². The lowest BCUT2D eigenvalue weighted by molar-refractivity contribution is -0.116. The number of anilines is 1. The van der Waals surface area contributed by atoms with Gasteiger partial charge in [-0.25, -0.2) is 4.98 Å². The number of aliphatic hydroxyl groups is 1. The summed E-state index contributed by atoms with van der Waals surface area (Å²) in [5.41, 5.74) is 0.935. The Hall–Kier alpha value is -1.02. The fourth-order valence-corrected chi connectivity index (χ4v) is 3.18. The molecule has 2 rings (SSSR count). The molecule has 7 heteroatoms. The van der Waals surface area contributed by atoms with Crippen LogP contribution in [0.2, 0.25) is 0 Å². The number of thiazole rings is 1. The van der Waals surface area contributed by atoms with Crippen molar-refractivity contribution in [3.63, 3.8) is 0 Å². The van der Waals surface area contributed by atoms with E-state index in [9.17, 15) is 9.90 Å². The fourth-order valence-electron chi connectivity index (χ4n) is 2.26. The maximum absolute atomic E-state index is 11.5. The molecule has 1 aliphatic heterocycles. The van der Waals surface area contributed by atoms with Gasteiger partial charge in [-0.2, -0.15) is 0 Å². The van der Waals surface area contributed by atoms with Gasteiger partial charge in [0.05, 0.1) is 31.6 Å². The minimum atomic E-state index is 0.00741. The second-order valence-corrected chi connectivity index (χ2v) is 5.60. The molecule has 1 aromatic rings. The van der Waals surface area contributed by atoms with Gasteiger partial charge in [0.25, 0.3) is 0 Å². The van der Waals surface area contributed by atoms with Crippen LogP contribution in [0.1, 0.15) is 19.5 Å². The summed E-state index contributed by atoms with van der Waals surface area (Å²) in [7, 11) is 0. The quantitative estimate of drug-likeness (QED) is 0.867. The maximum Gasteiger partial charge on any atom is 0.225 e. The average molecular weight is 299 g/mol. The highest BCUT2D eigenvalue weighted by molar-refractivity contribution is 7.14. The zero-order valence-corrected chi connectivity index (χ0v) is 12.7. The predicted molar refractivity (Wildman–Crippen MR) is 77.9 cm³/mol. The minimum absolute atomic E-state index is 0.00741. The lowest BCUT2D eigenvalue weighted by Crippen LogP contribution is -2.46. The van der Waals surface area contributed by atoms with Crippen molar-refractivity contribution in [2.45, 2.75) is 26.4 Å². The molecule has 0 saturated carbocycles. The van der Waals surface area contributed by atoms with Crippen LogP contribution in [0.4, 0.5) is 5.13 Å². The Morgan fingerprint density at radius 1 is 1.70 bits per heavy atom. The third-order valence-electron chi connectivity index (χ3n) is 3.39. The van der Waals surface area contributed by atoms with Crippen LogP contribution in [0.25, 0.3) is 0 Å². The molecule has 1 atom stereocenters. The van der Waals surface area contributed by atoms with E-state index in [0.29, 0.717) is 26.3 Å². The van der Waals surface area contributed by atoms with Gasteiger partial charge in [-0.05, 0) is 6.92 Å². The number of aliphatic hydroxyl groups excluding tert-OH is 1. The van der Waals surface area contributed by atoms with Gasteiger partial charge in [0.1, 0.15) is 0 Å². The van der Waals surface area contributed by atoms with Gasteiger partial charge >= 0.3 is 0 Å². The molecule has 1 N–H and O–H groups in total. The Morgan fingerprint density at radius 2 is 2.50 bits per heavy atom. The van der Waals surface area contributed by atoms with Crippen LogP contribution in [0.5, 0.6) is 0 Å². The number of morpholine rings is 1. The first-order chi connectivity index (χ1) is 9.65. The molecule has 1 aliphatic rings. The number of amides is 1. The van der Waals surface area contributed by atoms with Crippen molar-refractivity contribution in [1.29, 1.82) is 0 Å². The Morgan fingerprint density at radius 3 is 3.15 bits per heavy atom. The molecule has 1 unspecified atom stereocenters. The minimum Gasteiger partial charge on any atom is -0.395 e. The highest BCUT2D eigenvalue weighted by Gasteiger charge is 2.23. The van der Waals surface area contributed by atoms with Gasteiger partial charge in [0.2, 0.25) is 5.91 Å². The zero-order valence-electron chi connectivity index (χ0n) is 11.9. The van der Waals surface area contributed by atoms with Crippen molar-refractivity contribution in [3.8, 4) is 0 Å². The highest BCUT2D eigenvalue weighted by Crippen LogP contribution is 2.22. The highest BCUT2D eigenvalue weighted by atomic mass is 32.1. The number of rotatable bonds is 5. The van der Waals surface area contributed by atoms with E-state index in [-0.39, 0.29) is 18.6 Å². The summed E-state index contributed by atoms with van der Waals surface area (Å²) in [5.74, 6) is 0.00741. The monoisotopic (exact) mass is 299 g/mol. The van der Waals surface area contributed by atoms with Crippen LogP contribution in [-0.4, -0.2) is 59.8 Å². The summed E-state index contributed by atoms with van der Waals surface area (Å²) in [6.45, 7) is 6.91. The number of hydrogen-bond acceptors (Lipinski definition) is 6. The van der Waals surface area contributed by atoms with Crippen LogP contribution < -0.4 is 4.90 Å². The normalized spacial score (nSPS) is 20.1. The first-order valence-corrected chi connectivity index (χ1v) is 7.68. The Labute approximate surface area is 123 Å². The molecule has 0 aliphatic carbocycles. The summed E-state index contributed by atoms with van der Waals surface area (Å²) in [4.78, 5) is 19.9. The van der Waals surface area contributed by atoms with Crippen LogP contribution >= 0.6 is 11.3 Å². The van der Waals surface area contributed by atoms with Gasteiger partial charge in [-0.1, -0.05) is 0 Å². The number of carbonyl (C=O) groups is 1. The van der Waals surface area contributed by atoms with Crippen LogP contribution in [-0.2, 0) is 16.1 Å². The molecule has 0 spiro atoms. The molecule has 0 bridgehead atoms. The van der Waals surface area contributed by atoms with Gasteiger partial charge in [-0.3, -0.25) is 14.6 Å². The summed E-state index contributed by atoms with van der Waals surface area (Å²) in [5, 5.41) is 12.1. The van der Waals surface area contributed by atoms with E-state index < -0.39 is 0 Å². The summed E-state index contributed by atoms with van der Waals surface area (Å²) < 4.78 is 5.36. The predicted octanol–water partition coefficient (Wildman–Crippen LogP) is 0.709. The van der Waals surface area contributed by atoms with Crippen LogP contribution in [0.15, 0.2) is 5.38 Å². The summed E-state index contributed by atoms with van der Waals surface area (Å²) in [6, 6.07) is 0.0315. The molecule has 1 amide bonds. The smallest absolute Gasteiger partial charge is 0.225 e. The summed E-state index contributed by atoms with van der Waals surface area (Å²) in [6.07, 6.45) is 0. The van der Waals surface area contributed by atoms with Gasteiger partial charge in [-0.15, -0.1) is 11.3 Å². The van der Waals surface area contributed by atoms with E-state index in [1.54, 1.807) is 11.8 Å². The van der Waals surface area contributed by atoms with Gasteiger partial charge in [0, 0.05) is 31.9 Å². The number of aromatic nitrogens is 1. The molecule has 1 aromatic heterocycles. The Bertz CT molecular complexity index is 452. The first kappa shape index (κ1) is 15.4. The second kappa shape index (κ2) is 7.12. The molecular weight excluding hydrogens is 278 g/mol. The molecule has 112 valence electrons. The summed E-state index contributed by atoms with van der Waals surface area (Å²) >= 11 is 1.48. The lowest BCUT2D eigenvalue weighted by atomic mass is 10.2. The number of ether oxygens (including phenoxy) is 1. The molecular formula is C13H21N3O3S.